The Kier molecular flexibility index (Phi) is 15.3. The van der Waals surface area contributed by atoms with Crippen molar-refractivity contribution >= 4 is 61.5 Å². The van der Waals surface area contributed by atoms with Crippen molar-refractivity contribution in [2.24, 2.45) is 51.8 Å². The van der Waals surface area contributed by atoms with Crippen LogP contribution in [0.1, 0.15) is 158 Å². The van der Waals surface area contributed by atoms with Crippen LogP contribution < -0.4 is 15.4 Å². The third-order valence-corrected chi connectivity index (χ3v) is 22.0. The second-order valence-electron chi connectivity index (χ2n) is 26.8. The number of nitrogens with one attached hydrogen (secondary N) is 2. The molecule has 436 valence electrons. The summed E-state index contributed by atoms with van der Waals surface area (Å²) >= 11 is 0. The molecule has 5 fully saturated rings. The van der Waals surface area contributed by atoms with Gasteiger partial charge in [-0.2, -0.15) is 0 Å². The van der Waals surface area contributed by atoms with E-state index in [0.29, 0.717) is 55.1 Å². The van der Waals surface area contributed by atoms with Gasteiger partial charge in [0, 0.05) is 54.1 Å². The number of aliphatic hydroxyl groups excluding tert-OH is 2. The number of fused-ring (bicyclic) bond motifs is 18. The maximum absolute atomic E-state index is 13.3. The summed E-state index contributed by atoms with van der Waals surface area (Å²) in [6.45, 7) is 17.8. The molecule has 1 amide bonds. The van der Waals surface area contributed by atoms with Gasteiger partial charge in [0.2, 0.25) is 0 Å². The molecule has 81 heavy (non-hydrogen) atoms. The van der Waals surface area contributed by atoms with Crippen molar-refractivity contribution in [3.8, 4) is 5.75 Å². The zero-order valence-corrected chi connectivity index (χ0v) is 49.4. The van der Waals surface area contributed by atoms with E-state index in [1.807, 2.05) is 33.0 Å². The Hall–Kier alpha value is -5.51. The largest absolute Gasteiger partial charge is 0.493 e. The number of rotatable bonds is 12. The van der Waals surface area contributed by atoms with E-state index in [4.69, 9.17) is 24.4 Å². The number of carbonyl (C=O) groups is 3. The molecule has 2 aromatic heterocycles. The first kappa shape index (κ1) is 57.3. The van der Waals surface area contributed by atoms with E-state index in [0.717, 1.165) is 117 Å². The first-order valence-electron chi connectivity index (χ1n) is 30.3. The molecule has 4 saturated carbocycles. The molecule has 0 radical (unpaired) electrons. The lowest BCUT2D eigenvalue weighted by Gasteiger charge is -2.62. The topological polar surface area (TPSA) is 194 Å². The van der Waals surface area contributed by atoms with Crippen molar-refractivity contribution in [2.45, 2.75) is 182 Å². The van der Waals surface area contributed by atoms with E-state index in [-0.39, 0.29) is 53.7 Å². The number of para-hydroxylation sites is 2. The average Bonchev–Trinajstić information content (AvgIpc) is 4.23. The quantitative estimate of drug-likeness (QED) is 0.0639. The van der Waals surface area contributed by atoms with E-state index in [1.165, 1.54) is 24.8 Å². The lowest BCUT2D eigenvalue weighted by molar-refractivity contribution is -0.256. The molecule has 5 heterocycles. The molecule has 3 aliphatic heterocycles. The smallest absolute Gasteiger partial charge is 0.309 e. The Bertz CT molecular complexity index is 3400. The predicted molar refractivity (Wildman–Crippen MR) is 316 cm³/mol. The second kappa shape index (κ2) is 21.6. The minimum atomic E-state index is -0.760. The molecule has 14 nitrogen and oxygen atoms in total. The van der Waals surface area contributed by atoms with Crippen LogP contribution in [0, 0.1) is 65.6 Å². The van der Waals surface area contributed by atoms with Gasteiger partial charge in [0.25, 0.3) is 5.91 Å². The molecule has 0 spiro atoms. The lowest BCUT2D eigenvalue weighted by atomic mass is 9.43. The number of aromatic nitrogens is 2. The summed E-state index contributed by atoms with van der Waals surface area (Å²) in [5.41, 5.74) is 7.33. The maximum atomic E-state index is 13.3. The molecular formula is C67H88N4O10. The summed E-state index contributed by atoms with van der Waals surface area (Å²) in [5, 5.41) is 50.8. The SMILES string of the molecule is CN[C@H]1C[C@@H]2O[C@](C)([C@H]1OC)n1c3ccccc3c3c4c(c5c6ccccc6n2c5c31)C(=O)NC4.C[C@H](CCC(=O)O)[C@H]1CC[C@H]2[C@@H]3CC[C@@H]4C[C@H](O)CC[C@]4(C)[C@H]3C[C@H](O)[C@]12C.Cc1ccc(C)c(OCCCC(C)(C)C(=O)O)c1. The van der Waals surface area contributed by atoms with Crippen molar-refractivity contribution in [1.29, 1.82) is 0 Å². The average molecular weight is 1110 g/mol. The zero-order chi connectivity index (χ0) is 57.7. The Morgan fingerprint density at radius 2 is 1.60 bits per heavy atom. The number of carboxylic acid groups (broad SMARTS) is 2. The number of ether oxygens (including phenoxy) is 3. The van der Waals surface area contributed by atoms with Gasteiger partial charge in [0.15, 0.2) is 5.72 Å². The van der Waals surface area contributed by atoms with Crippen LogP contribution >= 0.6 is 0 Å². The molecule has 14 atom stereocenters. The van der Waals surface area contributed by atoms with Gasteiger partial charge in [-0.05, 0) is 194 Å². The van der Waals surface area contributed by atoms with E-state index >= 15 is 0 Å². The van der Waals surface area contributed by atoms with Crippen molar-refractivity contribution < 1.29 is 49.0 Å². The number of nitrogens with zero attached hydrogens (tertiary/aromatic N) is 2. The van der Waals surface area contributed by atoms with Crippen LogP contribution in [0.3, 0.4) is 0 Å². The third kappa shape index (κ3) is 9.36. The standard InChI is InChI=1S/C28H26N4O3.C24H40O4.C15H22O3/c1-28-26(34-3)17(29-2)12-20(35-28)31-18-10-6-4-8-14(18)22-23-16(13-30-27(23)33)21-15-9-5-7-11-19(15)32(28)25(21)24(22)31;1-14(4-9-22(27)28)18-7-8-19-17-6-5-15-12-16(25)10-11-23(15,2)20(17)13-21(26)24(18,19)3;1-11-6-7-12(2)13(10-11)18-9-5-8-15(3,4)14(16)17/h4-11,17,20,26,29H,12-13H2,1-3H3,(H,30,33);14-21,25-26H,4-13H2,1-3H3,(H,27,28);6-7,10H,5,8-9H2,1-4H3,(H,16,17)/t17-,20-,26-,28+;14-,15-,16-,17+,18-,19+,20+,21+,23+,24-;/m01./s1. The van der Waals surface area contributed by atoms with Gasteiger partial charge in [-0.15, -0.1) is 0 Å². The van der Waals surface area contributed by atoms with Crippen LogP contribution in [-0.2, 0) is 31.3 Å². The monoisotopic (exact) mass is 1110 g/mol. The molecule has 4 aliphatic carbocycles. The van der Waals surface area contributed by atoms with Crippen molar-refractivity contribution in [3.63, 3.8) is 0 Å². The van der Waals surface area contributed by atoms with Crippen LogP contribution in [0.25, 0.3) is 43.6 Å². The van der Waals surface area contributed by atoms with Gasteiger partial charge >= 0.3 is 11.9 Å². The number of methoxy groups -OCH3 is 1. The Labute approximate surface area is 477 Å². The van der Waals surface area contributed by atoms with Gasteiger partial charge in [-0.25, -0.2) is 0 Å². The molecule has 6 N–H and O–H groups in total. The summed E-state index contributed by atoms with van der Waals surface area (Å²) in [6.07, 6.45) is 11.0. The lowest BCUT2D eigenvalue weighted by Crippen LogP contribution is -2.59. The number of amides is 1. The number of carboxylic acids is 2. The first-order valence-corrected chi connectivity index (χ1v) is 30.3. The fourth-order valence-electron chi connectivity index (χ4n) is 17.7. The third-order valence-electron chi connectivity index (χ3n) is 22.0. The normalized spacial score (nSPS) is 32.2. The zero-order valence-electron chi connectivity index (χ0n) is 49.4. The molecule has 1 saturated heterocycles. The van der Waals surface area contributed by atoms with Crippen LogP contribution in [0.4, 0.5) is 0 Å². The van der Waals surface area contributed by atoms with Crippen molar-refractivity contribution in [2.75, 3.05) is 20.8 Å². The number of aliphatic carboxylic acids is 2. The Morgan fingerprint density at radius 3 is 2.31 bits per heavy atom. The highest BCUT2D eigenvalue weighted by Gasteiger charge is 2.64. The fraction of sp³-hybridized carbons (Fsp3) is 0.597. The number of likely N-dealkylation sites (N-methyl/N-ethyl adjacent to an activating group) is 1. The number of carbonyl (C=O) groups excluding carboxylic acids is 1. The van der Waals surface area contributed by atoms with Crippen LogP contribution in [0.5, 0.6) is 5.75 Å². The fourth-order valence-corrected chi connectivity index (χ4v) is 17.7. The van der Waals surface area contributed by atoms with E-state index < -0.39 is 23.1 Å². The molecule has 7 aliphatic rings. The maximum Gasteiger partial charge on any atom is 0.309 e. The van der Waals surface area contributed by atoms with Crippen LogP contribution in [-0.4, -0.2) is 92.5 Å². The number of aryl methyl sites for hydroxylation is 2. The van der Waals surface area contributed by atoms with Crippen molar-refractivity contribution in [1.82, 2.24) is 19.8 Å². The highest BCUT2D eigenvalue weighted by atomic mass is 16.6. The van der Waals surface area contributed by atoms with Gasteiger partial charge < -0.3 is 54.4 Å². The summed E-state index contributed by atoms with van der Waals surface area (Å²) in [6, 6.07) is 23.1. The molecular weight excluding hydrogens is 1020 g/mol. The summed E-state index contributed by atoms with van der Waals surface area (Å²) in [4.78, 5) is 35.3. The van der Waals surface area contributed by atoms with Gasteiger partial charge in [-0.1, -0.05) is 69.3 Å². The van der Waals surface area contributed by atoms with Gasteiger partial charge in [-0.3, -0.25) is 14.4 Å². The minimum Gasteiger partial charge on any atom is -0.493 e. The minimum absolute atomic E-state index is 0.00357. The second-order valence-corrected chi connectivity index (χ2v) is 26.8. The number of aliphatic hydroxyl groups is 2. The van der Waals surface area contributed by atoms with Crippen molar-refractivity contribution in [3.05, 3.63) is 89.0 Å². The van der Waals surface area contributed by atoms with Gasteiger partial charge in [0.05, 0.1) is 51.9 Å². The number of hydrogen-bond donors (Lipinski definition) is 6. The summed E-state index contributed by atoms with van der Waals surface area (Å²) < 4.78 is 23.7. The molecule has 4 aromatic carbocycles. The molecule has 2 bridgehead atoms. The highest BCUT2D eigenvalue weighted by Crippen LogP contribution is 2.68. The van der Waals surface area contributed by atoms with Gasteiger partial charge in [0.1, 0.15) is 18.1 Å². The number of hydrogen-bond acceptors (Lipinski definition) is 9. The first-order chi connectivity index (χ1) is 38.6. The Morgan fingerprint density at radius 1 is 0.889 bits per heavy atom. The summed E-state index contributed by atoms with van der Waals surface area (Å²) in [5.74, 6) is 2.69. The van der Waals surface area contributed by atoms with E-state index in [1.54, 1.807) is 21.0 Å². The molecule has 6 aromatic rings. The Balaban J connectivity index is 0.000000135. The predicted octanol–water partition coefficient (Wildman–Crippen LogP) is 12.4. The molecule has 0 unspecified atom stereocenters. The molecule has 14 heteroatoms. The van der Waals surface area contributed by atoms with Crippen LogP contribution in [0.15, 0.2) is 66.7 Å². The number of benzene rings is 4. The molecule has 13 rings (SSSR count). The summed E-state index contributed by atoms with van der Waals surface area (Å²) in [7, 11) is 3.77. The van der Waals surface area contributed by atoms with E-state index in [9.17, 15) is 24.6 Å². The van der Waals surface area contributed by atoms with Crippen LogP contribution in [0.2, 0.25) is 0 Å². The highest BCUT2D eigenvalue weighted by molar-refractivity contribution is 6.31. The van der Waals surface area contributed by atoms with E-state index in [2.05, 4.69) is 102 Å².